The van der Waals surface area contributed by atoms with Crippen LogP contribution in [0.3, 0.4) is 0 Å². The van der Waals surface area contributed by atoms with Crippen molar-refractivity contribution in [3.05, 3.63) is 47.6 Å². The van der Waals surface area contributed by atoms with Crippen molar-refractivity contribution in [2.24, 2.45) is 10.8 Å². The van der Waals surface area contributed by atoms with Crippen LogP contribution in [0.15, 0.2) is 24.5 Å². The molecule has 0 saturated carbocycles. The minimum Gasteiger partial charge on any atom is -0.328 e. The van der Waals surface area contributed by atoms with Crippen molar-refractivity contribution in [2.45, 2.75) is 131 Å². The first-order valence-electron chi connectivity index (χ1n) is 22.9. The molecule has 65 heavy (non-hydrogen) atoms. The summed E-state index contributed by atoms with van der Waals surface area (Å²) in [6.45, 7) is 23.8. The van der Waals surface area contributed by atoms with Gasteiger partial charge in [0.05, 0.1) is 0 Å². The largest absolute Gasteiger partial charge is 0.328 e. The summed E-state index contributed by atoms with van der Waals surface area (Å²) in [7, 11) is 1.76. The predicted molar refractivity (Wildman–Crippen MR) is 244 cm³/mol. The average Bonchev–Trinajstić information content (AvgIpc) is 3.89. The van der Waals surface area contributed by atoms with E-state index in [4.69, 9.17) is 0 Å². The molecule has 4 aliphatic rings. The summed E-state index contributed by atoms with van der Waals surface area (Å²) in [6, 6.07) is 7.83. The first kappa shape index (κ1) is 47.0. The van der Waals surface area contributed by atoms with Crippen LogP contribution in [0, 0.1) is 33.5 Å². The number of carbonyl (C=O) groups is 4. The Balaban J connectivity index is 0.000000194. The second-order valence-corrected chi connectivity index (χ2v) is 20.6. The Hall–Kier alpha value is -5.98. The van der Waals surface area contributed by atoms with Gasteiger partial charge in [-0.1, -0.05) is 55.4 Å². The Morgan fingerprint density at radius 3 is 1.55 bits per heavy atom. The number of aromatic nitrogens is 6. The van der Waals surface area contributed by atoms with E-state index in [1.165, 1.54) is 9.80 Å². The fourth-order valence-corrected chi connectivity index (χ4v) is 9.75. The lowest BCUT2D eigenvalue weighted by molar-refractivity contribution is -0.135. The van der Waals surface area contributed by atoms with E-state index in [0.717, 1.165) is 92.1 Å². The summed E-state index contributed by atoms with van der Waals surface area (Å²) in [5, 5.41) is 23.3. The third kappa shape index (κ3) is 9.42. The molecule has 8 rings (SSSR count). The van der Waals surface area contributed by atoms with Crippen LogP contribution in [0.4, 0.5) is 9.59 Å². The molecule has 4 aromatic rings. The van der Waals surface area contributed by atoms with Crippen molar-refractivity contribution in [2.75, 3.05) is 46.3 Å². The Labute approximate surface area is 381 Å². The molecule has 0 unspecified atom stereocenters. The smallest absolute Gasteiger partial charge is 0.327 e. The number of rotatable bonds is 10. The highest BCUT2D eigenvalue weighted by molar-refractivity contribution is 6.07. The molecule has 0 bridgehead atoms. The molecule has 4 saturated heterocycles. The molecule has 2 spiro atoms. The number of hydrogen-bond acceptors (Lipinski definition) is 12. The van der Waals surface area contributed by atoms with Crippen LogP contribution < -0.4 is 5.32 Å². The third-order valence-corrected chi connectivity index (χ3v) is 13.0. The Bertz CT molecular complexity index is 2550. The summed E-state index contributed by atoms with van der Waals surface area (Å²) in [6.07, 6.45) is 7.43. The van der Waals surface area contributed by atoms with Gasteiger partial charge in [-0.15, -0.1) is 0 Å². The van der Waals surface area contributed by atoms with Crippen LogP contribution in [0.1, 0.15) is 117 Å². The number of piperidine rings is 2. The van der Waals surface area contributed by atoms with Crippen LogP contribution in [0.25, 0.3) is 22.1 Å². The number of urea groups is 2. The van der Waals surface area contributed by atoms with E-state index >= 15 is 0 Å². The number of nitriles is 2. The zero-order chi connectivity index (χ0) is 47.1. The van der Waals surface area contributed by atoms with Gasteiger partial charge < -0.3 is 19.4 Å². The van der Waals surface area contributed by atoms with Gasteiger partial charge in [0, 0.05) is 107 Å². The number of nitrogens with zero attached hydrogens (tertiary/aromatic N) is 13. The standard InChI is InChI=1S/C24H33N7O2.C23H31N7O2/c1-6-9-30-21(32)24(28(5)22(30)33)7-10-29(11-8-24)15-18-12-17-14-26-19(13-25)27-20(17)31(18)16-23(2,3)4;1-5-8-29-20(31)23(27-21(29)32)6-9-28(10-7-23)14-17-11-16-13-25-18(12-24)26-19(16)30(17)15-22(2,3)4/h12,14H,6-11,15-16H2,1-5H3;11,13H,5-10,14-15H2,1-4H3,(H,27,32). The first-order chi connectivity index (χ1) is 30.7. The second kappa shape index (κ2) is 18.1. The van der Waals surface area contributed by atoms with Crippen LogP contribution in [-0.4, -0.2) is 135 Å². The summed E-state index contributed by atoms with van der Waals surface area (Å²) >= 11 is 0. The van der Waals surface area contributed by atoms with Gasteiger partial charge in [0.25, 0.3) is 11.8 Å². The van der Waals surface area contributed by atoms with E-state index < -0.39 is 11.1 Å². The predicted octanol–water partition coefficient (Wildman–Crippen LogP) is 5.63. The fourth-order valence-electron chi connectivity index (χ4n) is 9.75. The Morgan fingerprint density at radius 2 is 1.12 bits per heavy atom. The van der Waals surface area contributed by atoms with E-state index in [-0.39, 0.29) is 46.4 Å². The van der Waals surface area contributed by atoms with Crippen LogP contribution in [-0.2, 0) is 35.8 Å². The monoisotopic (exact) mass is 889 g/mol. The van der Waals surface area contributed by atoms with E-state index in [2.05, 4.69) is 97.9 Å². The fraction of sp³-hybridized carbons (Fsp3) is 0.617. The first-order valence-corrected chi connectivity index (χ1v) is 22.9. The number of amides is 6. The number of likely N-dealkylation sites (tertiary alicyclic amines) is 2. The summed E-state index contributed by atoms with van der Waals surface area (Å²) < 4.78 is 4.38. The van der Waals surface area contributed by atoms with Gasteiger partial charge in [0.2, 0.25) is 11.6 Å². The average molecular weight is 889 g/mol. The van der Waals surface area contributed by atoms with E-state index in [9.17, 15) is 29.7 Å². The minimum absolute atomic E-state index is 0.0342. The van der Waals surface area contributed by atoms with Gasteiger partial charge in [-0.2, -0.15) is 10.5 Å². The maximum Gasteiger partial charge on any atom is 0.327 e. The molecule has 4 fully saturated rings. The van der Waals surface area contributed by atoms with Crippen LogP contribution in [0.5, 0.6) is 0 Å². The Kier molecular flexibility index (Phi) is 13.1. The van der Waals surface area contributed by atoms with Crippen molar-refractivity contribution in [3.63, 3.8) is 0 Å². The molecule has 346 valence electrons. The van der Waals surface area contributed by atoms with Crippen LogP contribution >= 0.6 is 0 Å². The number of nitrogens with one attached hydrogen (secondary N) is 1. The lowest BCUT2D eigenvalue weighted by atomic mass is 9.86. The minimum atomic E-state index is -0.756. The van der Waals surface area contributed by atoms with Gasteiger partial charge in [0.15, 0.2) is 0 Å². The highest BCUT2D eigenvalue weighted by Crippen LogP contribution is 2.37. The number of imide groups is 2. The molecule has 18 heteroatoms. The molecule has 8 heterocycles. The van der Waals surface area contributed by atoms with Gasteiger partial charge >= 0.3 is 12.1 Å². The molecule has 1 N–H and O–H groups in total. The van der Waals surface area contributed by atoms with E-state index in [0.29, 0.717) is 45.3 Å². The lowest BCUT2D eigenvalue weighted by Crippen LogP contribution is -2.55. The molecule has 0 aromatic carbocycles. The normalized spacial score (nSPS) is 19.1. The summed E-state index contributed by atoms with van der Waals surface area (Å²) in [5.74, 6) is 0.221. The zero-order valence-electron chi connectivity index (χ0n) is 39.6. The molecular formula is C47H64N14O4. The molecule has 0 radical (unpaired) electrons. The van der Waals surface area contributed by atoms with Gasteiger partial charge in [-0.3, -0.25) is 29.2 Å². The van der Waals surface area contributed by atoms with Crippen molar-refractivity contribution in [1.29, 1.82) is 10.5 Å². The molecule has 4 aromatic heterocycles. The molecule has 6 amide bonds. The number of hydrogen-bond donors (Lipinski definition) is 1. The molecule has 0 atom stereocenters. The number of carbonyl (C=O) groups excluding carboxylic acids is 4. The highest BCUT2D eigenvalue weighted by Gasteiger charge is 2.56. The van der Waals surface area contributed by atoms with Gasteiger partial charge in [-0.05, 0) is 61.5 Å². The number of likely N-dealkylation sites (N-methyl/N-ethyl adjacent to an activating group) is 1. The van der Waals surface area contributed by atoms with Crippen molar-refractivity contribution < 1.29 is 19.2 Å². The van der Waals surface area contributed by atoms with Gasteiger partial charge in [0.1, 0.15) is 34.5 Å². The van der Waals surface area contributed by atoms with Gasteiger partial charge in [-0.25, -0.2) is 29.5 Å². The summed E-state index contributed by atoms with van der Waals surface area (Å²) in [4.78, 5) is 77.3. The van der Waals surface area contributed by atoms with Crippen molar-refractivity contribution in [3.8, 4) is 12.1 Å². The topological polar surface area (TPSA) is 206 Å². The van der Waals surface area contributed by atoms with E-state index in [1.54, 1.807) is 24.3 Å². The van der Waals surface area contributed by atoms with E-state index in [1.807, 2.05) is 26.0 Å². The number of fused-ring (bicyclic) bond motifs is 2. The molecule has 4 aliphatic heterocycles. The molecule has 18 nitrogen and oxygen atoms in total. The summed E-state index contributed by atoms with van der Waals surface area (Å²) in [5.41, 5.74) is 2.40. The highest BCUT2D eigenvalue weighted by atomic mass is 16.2. The Morgan fingerprint density at radius 1 is 0.677 bits per heavy atom. The zero-order valence-corrected chi connectivity index (χ0v) is 39.6. The molecular weight excluding hydrogens is 825 g/mol. The quantitative estimate of drug-likeness (QED) is 0.192. The maximum absolute atomic E-state index is 13.1. The van der Waals surface area contributed by atoms with Crippen molar-refractivity contribution in [1.82, 2.24) is 58.9 Å². The SMILES string of the molecule is CCCN1C(=O)N(C)C2(CCN(Cc3cc4cnc(C#N)nc4n3CC(C)(C)C)CC2)C1=O.CCCN1C(=O)NC2(CCN(Cc3cc4cnc(C#N)nc4n3CC(C)(C)C)CC2)C1=O. The maximum atomic E-state index is 13.1. The molecule has 0 aliphatic carbocycles. The lowest BCUT2D eigenvalue weighted by Gasteiger charge is -2.41. The second-order valence-electron chi connectivity index (χ2n) is 20.6. The van der Waals surface area contributed by atoms with Crippen molar-refractivity contribution >= 4 is 45.9 Å². The van der Waals surface area contributed by atoms with Crippen LogP contribution in [0.2, 0.25) is 0 Å². The third-order valence-electron chi connectivity index (χ3n) is 13.0.